The Morgan fingerprint density at radius 2 is 2.20 bits per heavy atom. The number of piperidine rings is 1. The maximum absolute atomic E-state index is 12.1. The van der Waals surface area contributed by atoms with Gasteiger partial charge in [0.15, 0.2) is 0 Å². The monoisotopic (exact) mass is 283 g/mol. The van der Waals surface area contributed by atoms with Crippen LogP contribution in [0, 0.1) is 5.92 Å². The Labute approximate surface area is 122 Å². The van der Waals surface area contributed by atoms with Crippen LogP contribution in [-0.2, 0) is 9.53 Å². The molecule has 2 unspecified atom stereocenters. The van der Waals surface area contributed by atoms with E-state index in [1.54, 1.807) is 7.11 Å². The maximum atomic E-state index is 12.1. The lowest BCUT2D eigenvalue weighted by atomic mass is 9.96. The van der Waals surface area contributed by atoms with Gasteiger partial charge in [-0.2, -0.15) is 0 Å². The van der Waals surface area contributed by atoms with Gasteiger partial charge in [0, 0.05) is 26.2 Å². The van der Waals surface area contributed by atoms with Crippen molar-refractivity contribution in [2.75, 3.05) is 39.9 Å². The Kier molecular flexibility index (Phi) is 6.26. The van der Waals surface area contributed by atoms with E-state index in [0.29, 0.717) is 19.1 Å². The summed E-state index contributed by atoms with van der Waals surface area (Å²) in [5.74, 6) is 0.816. The van der Waals surface area contributed by atoms with Gasteiger partial charge in [0.25, 0.3) is 0 Å². The molecule has 0 radical (unpaired) electrons. The minimum atomic E-state index is -0.0319. The zero-order chi connectivity index (χ0) is 14.4. The minimum absolute atomic E-state index is 0.0319. The normalized spacial score (nSPS) is 25.4. The number of amides is 1. The van der Waals surface area contributed by atoms with Crippen LogP contribution in [0.15, 0.2) is 0 Å². The van der Waals surface area contributed by atoms with Crippen LogP contribution in [-0.4, -0.2) is 62.8 Å². The molecule has 2 N–H and O–H groups in total. The first-order chi connectivity index (χ1) is 9.70. The van der Waals surface area contributed by atoms with Crippen molar-refractivity contribution in [3.05, 3.63) is 0 Å². The van der Waals surface area contributed by atoms with E-state index in [4.69, 9.17) is 4.74 Å². The Hall–Kier alpha value is -0.650. The molecule has 0 aromatic heterocycles. The van der Waals surface area contributed by atoms with Gasteiger partial charge in [-0.3, -0.25) is 9.69 Å². The summed E-state index contributed by atoms with van der Waals surface area (Å²) >= 11 is 0. The van der Waals surface area contributed by atoms with E-state index in [9.17, 15) is 4.79 Å². The molecule has 2 rings (SSSR count). The second-order valence-electron chi connectivity index (χ2n) is 6.15. The van der Waals surface area contributed by atoms with Crippen molar-refractivity contribution >= 4 is 5.91 Å². The van der Waals surface area contributed by atoms with Crippen molar-refractivity contribution < 1.29 is 9.53 Å². The number of carbonyl (C=O) groups excluding carboxylic acids is 1. The highest BCUT2D eigenvalue weighted by Crippen LogP contribution is 2.22. The molecule has 1 aliphatic heterocycles. The molecular formula is C15H29N3O2. The van der Waals surface area contributed by atoms with Gasteiger partial charge in [0.05, 0.1) is 12.6 Å². The molecule has 0 aromatic carbocycles. The Morgan fingerprint density at radius 3 is 2.90 bits per heavy atom. The predicted molar refractivity (Wildman–Crippen MR) is 79.7 cm³/mol. The molecule has 1 heterocycles. The number of ether oxygens (including phenoxy) is 1. The molecule has 1 amide bonds. The van der Waals surface area contributed by atoms with Crippen LogP contribution < -0.4 is 10.6 Å². The zero-order valence-electron chi connectivity index (χ0n) is 12.9. The van der Waals surface area contributed by atoms with Gasteiger partial charge in [-0.1, -0.05) is 0 Å². The van der Waals surface area contributed by atoms with E-state index >= 15 is 0 Å². The largest absolute Gasteiger partial charge is 0.383 e. The van der Waals surface area contributed by atoms with Gasteiger partial charge < -0.3 is 15.4 Å². The van der Waals surface area contributed by atoms with E-state index in [-0.39, 0.29) is 11.9 Å². The molecule has 2 atom stereocenters. The molecule has 116 valence electrons. The average Bonchev–Trinajstić information content (AvgIpc) is 3.29. The molecule has 2 fully saturated rings. The highest BCUT2D eigenvalue weighted by atomic mass is 16.5. The molecular weight excluding hydrogens is 254 g/mol. The van der Waals surface area contributed by atoms with E-state index in [2.05, 4.69) is 15.5 Å². The van der Waals surface area contributed by atoms with Crippen LogP contribution in [0.4, 0.5) is 0 Å². The number of hydrogen-bond acceptors (Lipinski definition) is 4. The van der Waals surface area contributed by atoms with Crippen LogP contribution in [0.1, 0.15) is 32.6 Å². The first-order valence-corrected chi connectivity index (χ1v) is 7.94. The fourth-order valence-electron chi connectivity index (χ4n) is 2.83. The SMILES string of the molecule is COCCNC(=O)C(C)N1CCCC(CNC2CC2)C1. The first-order valence-electron chi connectivity index (χ1n) is 7.94. The first kappa shape index (κ1) is 15.7. The summed E-state index contributed by atoms with van der Waals surface area (Å²) in [6.45, 7) is 6.38. The number of rotatable bonds is 8. The summed E-state index contributed by atoms with van der Waals surface area (Å²) < 4.78 is 4.96. The van der Waals surface area contributed by atoms with E-state index in [1.165, 1.54) is 25.7 Å². The molecule has 5 nitrogen and oxygen atoms in total. The van der Waals surface area contributed by atoms with Gasteiger partial charge in [-0.25, -0.2) is 0 Å². The molecule has 0 bridgehead atoms. The Bertz CT molecular complexity index is 307. The quantitative estimate of drug-likeness (QED) is 0.641. The van der Waals surface area contributed by atoms with Crippen LogP contribution in [0.3, 0.4) is 0 Å². The van der Waals surface area contributed by atoms with Gasteiger partial charge in [0.2, 0.25) is 5.91 Å². The number of hydrogen-bond donors (Lipinski definition) is 2. The van der Waals surface area contributed by atoms with E-state index in [1.807, 2.05) is 6.92 Å². The Morgan fingerprint density at radius 1 is 1.40 bits per heavy atom. The topological polar surface area (TPSA) is 53.6 Å². The summed E-state index contributed by atoms with van der Waals surface area (Å²) in [6.07, 6.45) is 5.17. The second kappa shape index (κ2) is 7.96. The fraction of sp³-hybridized carbons (Fsp3) is 0.933. The third kappa shape index (κ3) is 5.04. The molecule has 1 aliphatic carbocycles. The third-order valence-electron chi connectivity index (χ3n) is 4.36. The summed E-state index contributed by atoms with van der Waals surface area (Å²) in [6, 6.07) is 0.746. The van der Waals surface area contributed by atoms with Crippen LogP contribution in [0.5, 0.6) is 0 Å². The number of nitrogens with one attached hydrogen (secondary N) is 2. The van der Waals surface area contributed by atoms with Crippen molar-refractivity contribution in [3.63, 3.8) is 0 Å². The Balaban J connectivity index is 1.70. The van der Waals surface area contributed by atoms with Crippen molar-refractivity contribution in [3.8, 4) is 0 Å². The highest BCUT2D eigenvalue weighted by molar-refractivity contribution is 5.81. The van der Waals surface area contributed by atoms with Gasteiger partial charge in [-0.05, 0) is 51.6 Å². The number of methoxy groups -OCH3 is 1. The lowest BCUT2D eigenvalue weighted by Gasteiger charge is -2.36. The number of nitrogens with zero attached hydrogens (tertiary/aromatic N) is 1. The smallest absolute Gasteiger partial charge is 0.237 e. The van der Waals surface area contributed by atoms with Gasteiger partial charge >= 0.3 is 0 Å². The second-order valence-corrected chi connectivity index (χ2v) is 6.15. The lowest BCUT2D eigenvalue weighted by Crippen LogP contribution is -2.50. The van der Waals surface area contributed by atoms with Gasteiger partial charge in [-0.15, -0.1) is 0 Å². The standard InChI is InChI=1S/C15H29N3O2/c1-12(15(19)16-7-9-20-2)18-8-3-4-13(11-18)10-17-14-5-6-14/h12-14,17H,3-11H2,1-2H3,(H,16,19). The van der Waals surface area contributed by atoms with Crippen molar-refractivity contribution in [1.29, 1.82) is 0 Å². The summed E-state index contributed by atoms with van der Waals surface area (Å²) in [7, 11) is 1.65. The molecule has 20 heavy (non-hydrogen) atoms. The van der Waals surface area contributed by atoms with Gasteiger partial charge in [0.1, 0.15) is 0 Å². The minimum Gasteiger partial charge on any atom is -0.383 e. The average molecular weight is 283 g/mol. The molecule has 0 spiro atoms. The third-order valence-corrected chi connectivity index (χ3v) is 4.36. The maximum Gasteiger partial charge on any atom is 0.237 e. The lowest BCUT2D eigenvalue weighted by molar-refractivity contribution is -0.126. The summed E-state index contributed by atoms with van der Waals surface area (Å²) in [4.78, 5) is 14.4. The molecule has 5 heteroatoms. The fourth-order valence-corrected chi connectivity index (χ4v) is 2.83. The van der Waals surface area contributed by atoms with E-state index < -0.39 is 0 Å². The van der Waals surface area contributed by atoms with Crippen molar-refractivity contribution in [2.45, 2.75) is 44.7 Å². The summed E-state index contributed by atoms with van der Waals surface area (Å²) in [5, 5.41) is 6.55. The van der Waals surface area contributed by atoms with Crippen LogP contribution in [0.2, 0.25) is 0 Å². The van der Waals surface area contributed by atoms with Crippen LogP contribution in [0.25, 0.3) is 0 Å². The number of likely N-dealkylation sites (tertiary alicyclic amines) is 1. The molecule has 2 aliphatic rings. The van der Waals surface area contributed by atoms with E-state index in [0.717, 1.165) is 25.7 Å². The predicted octanol–water partition coefficient (Wildman–Crippen LogP) is 0.602. The van der Waals surface area contributed by atoms with Crippen molar-refractivity contribution in [2.24, 2.45) is 5.92 Å². The molecule has 1 saturated heterocycles. The van der Waals surface area contributed by atoms with Crippen LogP contribution >= 0.6 is 0 Å². The van der Waals surface area contributed by atoms with Crippen molar-refractivity contribution in [1.82, 2.24) is 15.5 Å². The number of carbonyl (C=O) groups is 1. The summed E-state index contributed by atoms with van der Waals surface area (Å²) in [5.41, 5.74) is 0. The molecule has 0 aromatic rings. The zero-order valence-corrected chi connectivity index (χ0v) is 12.9. The highest BCUT2D eigenvalue weighted by Gasteiger charge is 2.28. The molecule has 1 saturated carbocycles.